The Labute approximate surface area is 181 Å². The molecule has 0 amide bonds. The summed E-state index contributed by atoms with van der Waals surface area (Å²) < 4.78 is 2.58. The number of fused-ring (bicyclic) bond motifs is 1. The maximum absolute atomic E-state index is 9.64. The van der Waals surface area contributed by atoms with Crippen molar-refractivity contribution in [2.75, 3.05) is 26.2 Å². The summed E-state index contributed by atoms with van der Waals surface area (Å²) in [6, 6.07) is 10.4. The smallest absolute Gasteiger partial charge is 0.0794 e. The van der Waals surface area contributed by atoms with Gasteiger partial charge in [0.2, 0.25) is 0 Å². The molecule has 1 N–H and O–H groups in total. The number of aromatic nitrogens is 1. The van der Waals surface area contributed by atoms with Crippen molar-refractivity contribution in [3.63, 3.8) is 0 Å². The number of aliphatic hydroxyl groups excluding tert-OH is 1. The van der Waals surface area contributed by atoms with Crippen LogP contribution in [0.3, 0.4) is 0 Å². The molecule has 4 heteroatoms. The molecule has 1 saturated carbocycles. The highest BCUT2D eigenvalue weighted by atomic mass is 16.3. The second-order valence-corrected chi connectivity index (χ2v) is 10.5. The summed E-state index contributed by atoms with van der Waals surface area (Å²) in [5.74, 6) is 1.81. The van der Waals surface area contributed by atoms with E-state index in [0.29, 0.717) is 6.04 Å². The second kappa shape index (κ2) is 8.64. The summed E-state index contributed by atoms with van der Waals surface area (Å²) in [5.41, 5.74) is 2.82. The number of aliphatic hydroxyl groups is 1. The predicted octanol–water partition coefficient (Wildman–Crippen LogP) is 4.67. The molecule has 3 fully saturated rings. The first kappa shape index (κ1) is 20.5. The van der Waals surface area contributed by atoms with Gasteiger partial charge < -0.3 is 14.6 Å². The number of piperidine rings is 1. The van der Waals surface area contributed by atoms with Crippen LogP contribution in [0.15, 0.2) is 30.5 Å². The minimum atomic E-state index is -0.127. The van der Waals surface area contributed by atoms with Crippen LogP contribution in [0.25, 0.3) is 10.9 Å². The van der Waals surface area contributed by atoms with Crippen molar-refractivity contribution in [3.05, 3.63) is 36.0 Å². The van der Waals surface area contributed by atoms with Gasteiger partial charge in [0, 0.05) is 61.9 Å². The zero-order chi connectivity index (χ0) is 20.7. The van der Waals surface area contributed by atoms with Crippen molar-refractivity contribution >= 4 is 10.9 Å². The summed E-state index contributed by atoms with van der Waals surface area (Å²) in [6.45, 7) is 9.90. The van der Waals surface area contributed by atoms with E-state index in [2.05, 4.69) is 58.7 Å². The van der Waals surface area contributed by atoms with E-state index in [1.807, 2.05) is 0 Å². The molecule has 1 aromatic carbocycles. The van der Waals surface area contributed by atoms with Crippen LogP contribution in [-0.4, -0.2) is 57.8 Å². The second-order valence-electron chi connectivity index (χ2n) is 10.5. The lowest BCUT2D eigenvalue weighted by molar-refractivity contribution is -0.00268. The molecule has 30 heavy (non-hydrogen) atoms. The lowest BCUT2D eigenvalue weighted by atomic mass is 9.79. The van der Waals surface area contributed by atoms with E-state index >= 15 is 0 Å². The van der Waals surface area contributed by atoms with Gasteiger partial charge in [-0.2, -0.15) is 0 Å². The number of nitrogens with zero attached hydrogens (tertiary/aromatic N) is 3. The third kappa shape index (κ3) is 4.06. The van der Waals surface area contributed by atoms with Crippen LogP contribution in [0.1, 0.15) is 64.0 Å². The summed E-state index contributed by atoms with van der Waals surface area (Å²) in [4.78, 5) is 5.16. The van der Waals surface area contributed by atoms with Crippen LogP contribution in [0.4, 0.5) is 0 Å². The van der Waals surface area contributed by atoms with Crippen LogP contribution in [-0.2, 0) is 6.54 Å². The Morgan fingerprint density at radius 1 is 0.933 bits per heavy atom. The molecular formula is C26H39N3O. The van der Waals surface area contributed by atoms with Crippen LogP contribution < -0.4 is 0 Å². The Balaban J connectivity index is 1.24. The third-order valence-corrected chi connectivity index (χ3v) is 8.25. The minimum Gasteiger partial charge on any atom is -0.390 e. The van der Waals surface area contributed by atoms with Gasteiger partial charge in [0.25, 0.3) is 0 Å². The van der Waals surface area contributed by atoms with Gasteiger partial charge in [-0.15, -0.1) is 0 Å². The molecule has 0 unspecified atom stereocenters. The molecular weight excluding hydrogens is 370 g/mol. The van der Waals surface area contributed by atoms with Crippen molar-refractivity contribution in [1.29, 1.82) is 0 Å². The van der Waals surface area contributed by atoms with Crippen molar-refractivity contribution in [2.45, 2.75) is 77.1 Å². The highest BCUT2D eigenvalue weighted by Gasteiger charge is 2.31. The van der Waals surface area contributed by atoms with E-state index in [9.17, 15) is 5.11 Å². The van der Waals surface area contributed by atoms with Gasteiger partial charge in [-0.25, -0.2) is 0 Å². The molecule has 4 nitrogen and oxygen atoms in total. The van der Waals surface area contributed by atoms with Crippen molar-refractivity contribution in [1.82, 2.24) is 14.4 Å². The van der Waals surface area contributed by atoms with Crippen molar-refractivity contribution in [2.24, 2.45) is 11.8 Å². The van der Waals surface area contributed by atoms with Gasteiger partial charge in [-0.05, 0) is 62.0 Å². The molecule has 0 spiro atoms. The molecule has 3 heterocycles. The van der Waals surface area contributed by atoms with Crippen molar-refractivity contribution < 1.29 is 5.11 Å². The average molecular weight is 410 g/mol. The van der Waals surface area contributed by atoms with Gasteiger partial charge in [-0.3, -0.25) is 4.90 Å². The third-order valence-electron chi connectivity index (χ3n) is 8.25. The number of hydrogen-bond acceptors (Lipinski definition) is 3. The Morgan fingerprint density at radius 2 is 1.63 bits per heavy atom. The topological polar surface area (TPSA) is 31.6 Å². The predicted molar refractivity (Wildman–Crippen MR) is 124 cm³/mol. The van der Waals surface area contributed by atoms with E-state index in [0.717, 1.165) is 37.5 Å². The van der Waals surface area contributed by atoms with Gasteiger partial charge in [0.05, 0.1) is 6.10 Å². The molecule has 1 aromatic heterocycles. The van der Waals surface area contributed by atoms with E-state index in [1.54, 1.807) is 0 Å². The lowest BCUT2D eigenvalue weighted by Gasteiger charge is -2.42. The number of likely N-dealkylation sites (tertiary alicyclic amines) is 2. The maximum atomic E-state index is 9.64. The number of para-hydroxylation sites is 1. The van der Waals surface area contributed by atoms with Crippen LogP contribution in [0, 0.1) is 11.8 Å². The molecule has 0 bridgehead atoms. The van der Waals surface area contributed by atoms with E-state index < -0.39 is 0 Å². The average Bonchev–Trinajstić information content (AvgIpc) is 3.11. The summed E-state index contributed by atoms with van der Waals surface area (Å²) >= 11 is 0. The molecule has 2 aliphatic heterocycles. The SMILES string of the molecule is CC(C)[C@H]1CC[C@@H](N2CCC(n3cc(CN4CC(O)C4)c4ccccc43)CC2)CC1. The summed E-state index contributed by atoms with van der Waals surface area (Å²) in [5, 5.41) is 11.0. The van der Waals surface area contributed by atoms with Crippen LogP contribution in [0.5, 0.6) is 0 Å². The standard InChI is InChI=1S/C26H39N3O/c1-19(2)20-7-9-22(10-8-20)28-13-11-23(12-14-28)29-16-21(15-27-17-24(30)18-27)25-5-3-4-6-26(25)29/h3-6,16,19-20,22-24,30H,7-15,17-18H2,1-2H3/t20-,22+. The molecule has 3 aliphatic rings. The molecule has 164 valence electrons. The van der Waals surface area contributed by atoms with Crippen LogP contribution >= 0.6 is 0 Å². The fourth-order valence-corrected chi connectivity index (χ4v) is 6.28. The number of β-amino-alcohol motifs (C(OH)–C–C–N with tert-alkyl or cyclic N) is 1. The fourth-order valence-electron chi connectivity index (χ4n) is 6.28. The molecule has 2 saturated heterocycles. The molecule has 0 atom stereocenters. The van der Waals surface area contributed by atoms with Crippen molar-refractivity contribution in [3.8, 4) is 0 Å². The quantitative estimate of drug-likeness (QED) is 0.779. The van der Waals surface area contributed by atoms with Gasteiger partial charge in [0.1, 0.15) is 0 Å². The minimum absolute atomic E-state index is 0.127. The Morgan fingerprint density at radius 3 is 2.30 bits per heavy atom. The van der Waals surface area contributed by atoms with E-state index in [-0.39, 0.29) is 6.10 Å². The zero-order valence-corrected chi connectivity index (χ0v) is 18.8. The zero-order valence-electron chi connectivity index (χ0n) is 18.8. The van der Waals surface area contributed by atoms with Gasteiger partial charge in [0.15, 0.2) is 0 Å². The first-order valence-corrected chi connectivity index (χ1v) is 12.3. The van der Waals surface area contributed by atoms with E-state index in [1.165, 1.54) is 68.1 Å². The highest BCUT2D eigenvalue weighted by molar-refractivity contribution is 5.84. The molecule has 5 rings (SSSR count). The monoisotopic (exact) mass is 409 g/mol. The largest absolute Gasteiger partial charge is 0.390 e. The van der Waals surface area contributed by atoms with Crippen LogP contribution in [0.2, 0.25) is 0 Å². The van der Waals surface area contributed by atoms with Gasteiger partial charge >= 0.3 is 0 Å². The molecule has 0 radical (unpaired) electrons. The summed E-state index contributed by atoms with van der Waals surface area (Å²) in [6.07, 6.45) is 10.5. The highest BCUT2D eigenvalue weighted by Crippen LogP contribution is 2.36. The number of hydrogen-bond donors (Lipinski definition) is 1. The number of benzene rings is 1. The Kier molecular flexibility index (Phi) is 5.92. The van der Waals surface area contributed by atoms with E-state index in [4.69, 9.17) is 0 Å². The summed E-state index contributed by atoms with van der Waals surface area (Å²) in [7, 11) is 0. The Hall–Kier alpha value is -1.36. The number of rotatable bonds is 5. The first-order chi connectivity index (χ1) is 14.6. The normalized spacial score (nSPS) is 27.7. The first-order valence-electron chi connectivity index (χ1n) is 12.3. The molecule has 2 aromatic rings. The molecule has 1 aliphatic carbocycles. The van der Waals surface area contributed by atoms with Gasteiger partial charge in [-0.1, -0.05) is 32.0 Å². The lowest BCUT2D eigenvalue weighted by Crippen LogP contribution is -2.49. The maximum Gasteiger partial charge on any atom is 0.0794 e. The Bertz CT molecular complexity index is 837. The fraction of sp³-hybridized carbons (Fsp3) is 0.692.